The lowest BCUT2D eigenvalue weighted by atomic mass is 9.85. The normalized spacial score (nSPS) is 16.7. The Hall–Kier alpha value is -0.950. The van der Waals surface area contributed by atoms with E-state index in [9.17, 15) is 62.2 Å². The highest BCUT2D eigenvalue weighted by Gasteiger charge is 2.90. The first-order valence-corrected chi connectivity index (χ1v) is 10.2. The molecule has 0 amide bonds. The summed E-state index contributed by atoms with van der Waals surface area (Å²) in [4.78, 5) is 0. The molecule has 0 fully saturated rings. The predicted molar refractivity (Wildman–Crippen MR) is 93.3 cm³/mol. The highest BCUT2D eigenvalue weighted by molar-refractivity contribution is 5.11. The minimum absolute atomic E-state index is 0.0405. The van der Waals surface area contributed by atoms with Gasteiger partial charge in [-0.25, -0.2) is 0 Å². The van der Waals surface area contributed by atoms with Gasteiger partial charge in [-0.15, -0.1) is 0 Å². The van der Waals surface area contributed by atoms with Crippen LogP contribution in [-0.2, 0) is 0 Å². The molecule has 1 unspecified atom stereocenters. The van der Waals surface area contributed by atoms with Crippen molar-refractivity contribution < 1.29 is 62.2 Å². The van der Waals surface area contributed by atoms with Crippen molar-refractivity contribution in [2.75, 3.05) is 0 Å². The van der Waals surface area contributed by atoms with Gasteiger partial charge in [-0.1, -0.05) is 58.3 Å². The summed E-state index contributed by atoms with van der Waals surface area (Å²) in [7, 11) is 0. The van der Waals surface area contributed by atoms with E-state index in [0.29, 0.717) is 19.8 Å². The van der Waals surface area contributed by atoms with Crippen LogP contribution in [0.3, 0.4) is 0 Å². The Morgan fingerprint density at radius 2 is 0.879 bits per heavy atom. The van der Waals surface area contributed by atoms with Crippen LogP contribution in [0, 0.1) is 0 Å². The van der Waals surface area contributed by atoms with Gasteiger partial charge in [0.15, 0.2) is 0 Å². The van der Waals surface area contributed by atoms with Gasteiger partial charge in [0.1, 0.15) is 0 Å². The van der Waals surface area contributed by atoms with Crippen LogP contribution < -0.4 is 0 Å². The zero-order valence-corrected chi connectivity index (χ0v) is 17.9. The van der Waals surface area contributed by atoms with Crippen LogP contribution >= 0.6 is 0 Å². The second-order valence-corrected chi connectivity index (χ2v) is 8.40. The van der Waals surface area contributed by atoms with Gasteiger partial charge in [0.2, 0.25) is 0 Å². The average Bonchev–Trinajstić information content (AvgIpc) is 2.61. The molecule has 1 atom stereocenters. The summed E-state index contributed by atoms with van der Waals surface area (Å²) in [6, 6.07) is 0. The van der Waals surface area contributed by atoms with Gasteiger partial charge in [0, 0.05) is 6.42 Å². The first-order valence-electron chi connectivity index (χ1n) is 10.2. The summed E-state index contributed by atoms with van der Waals surface area (Å²) in [6.45, 7) is 2.50. The summed E-state index contributed by atoms with van der Waals surface area (Å²) in [5.74, 6) is -37.1. The topological polar surface area (TPSA) is 20.2 Å². The standard InChI is InChI=1S/C19H27F13O/c1-3-4-5-6-7-8-9-10-11-13(2,33)12-14(20,21)15(22,23)16(24,25)17(26,27)18(28,29)19(30,31)32/h33H,3-12H2,1-2H3. The fourth-order valence-corrected chi connectivity index (χ4v) is 3.12. The summed E-state index contributed by atoms with van der Waals surface area (Å²) in [6.07, 6.45) is -5.28. The molecule has 0 saturated carbocycles. The lowest BCUT2D eigenvalue weighted by Gasteiger charge is -2.41. The summed E-state index contributed by atoms with van der Waals surface area (Å²) < 4.78 is 171. The minimum Gasteiger partial charge on any atom is -0.390 e. The van der Waals surface area contributed by atoms with Crippen LogP contribution in [0.2, 0.25) is 0 Å². The summed E-state index contributed by atoms with van der Waals surface area (Å²) in [5, 5.41) is 9.87. The van der Waals surface area contributed by atoms with Gasteiger partial charge in [0.25, 0.3) is 0 Å². The van der Waals surface area contributed by atoms with E-state index in [-0.39, 0.29) is 6.42 Å². The summed E-state index contributed by atoms with van der Waals surface area (Å²) in [5.41, 5.74) is -2.83. The summed E-state index contributed by atoms with van der Waals surface area (Å²) >= 11 is 0. The molecule has 0 aliphatic heterocycles. The molecule has 0 radical (unpaired) electrons. The monoisotopic (exact) mass is 518 g/mol. The van der Waals surface area contributed by atoms with Gasteiger partial charge in [0.05, 0.1) is 5.60 Å². The number of unbranched alkanes of at least 4 members (excludes halogenated alkanes) is 7. The molecular formula is C19H27F13O. The number of halogens is 13. The van der Waals surface area contributed by atoms with Crippen molar-refractivity contribution >= 4 is 0 Å². The van der Waals surface area contributed by atoms with Gasteiger partial charge in [-0.3, -0.25) is 0 Å². The van der Waals surface area contributed by atoms with Crippen molar-refractivity contribution in [2.24, 2.45) is 0 Å². The van der Waals surface area contributed by atoms with Crippen molar-refractivity contribution in [3.63, 3.8) is 0 Å². The average molecular weight is 518 g/mol. The Kier molecular flexibility index (Phi) is 10.4. The fourth-order valence-electron chi connectivity index (χ4n) is 3.12. The van der Waals surface area contributed by atoms with Gasteiger partial charge >= 0.3 is 35.8 Å². The largest absolute Gasteiger partial charge is 0.460 e. The van der Waals surface area contributed by atoms with Crippen molar-refractivity contribution in [2.45, 2.75) is 119 Å². The molecule has 0 aromatic rings. The van der Waals surface area contributed by atoms with Crippen LogP contribution in [0.4, 0.5) is 57.1 Å². The first-order chi connectivity index (χ1) is 14.5. The molecule has 200 valence electrons. The van der Waals surface area contributed by atoms with E-state index < -0.39 is 54.2 Å². The van der Waals surface area contributed by atoms with E-state index in [0.717, 1.165) is 32.1 Å². The van der Waals surface area contributed by atoms with Crippen molar-refractivity contribution in [3.05, 3.63) is 0 Å². The maximum Gasteiger partial charge on any atom is 0.460 e. The Bertz CT molecular complexity index is 597. The third-order valence-electron chi connectivity index (χ3n) is 5.17. The maximum atomic E-state index is 13.9. The molecule has 1 nitrogen and oxygen atoms in total. The molecule has 0 aromatic heterocycles. The lowest BCUT2D eigenvalue weighted by molar-refractivity contribution is -0.441. The Morgan fingerprint density at radius 1 is 0.515 bits per heavy atom. The quantitative estimate of drug-likeness (QED) is 0.171. The second-order valence-electron chi connectivity index (χ2n) is 8.40. The van der Waals surface area contributed by atoms with E-state index >= 15 is 0 Å². The molecule has 0 saturated heterocycles. The number of hydrogen-bond donors (Lipinski definition) is 1. The molecule has 0 rings (SSSR count). The van der Waals surface area contributed by atoms with Crippen molar-refractivity contribution in [1.29, 1.82) is 0 Å². The molecule has 0 bridgehead atoms. The maximum absolute atomic E-state index is 13.9. The van der Waals surface area contributed by atoms with Crippen molar-refractivity contribution in [1.82, 2.24) is 0 Å². The van der Waals surface area contributed by atoms with E-state index in [1.54, 1.807) is 0 Å². The molecule has 1 N–H and O–H groups in total. The van der Waals surface area contributed by atoms with Crippen LogP contribution in [0.5, 0.6) is 0 Å². The number of aliphatic hydroxyl groups is 1. The van der Waals surface area contributed by atoms with Gasteiger partial charge in [-0.2, -0.15) is 57.1 Å². The van der Waals surface area contributed by atoms with Crippen molar-refractivity contribution in [3.8, 4) is 0 Å². The number of rotatable bonds is 15. The Balaban J connectivity index is 5.36. The number of hydrogen-bond acceptors (Lipinski definition) is 1. The van der Waals surface area contributed by atoms with Gasteiger partial charge in [-0.05, 0) is 13.3 Å². The van der Waals surface area contributed by atoms with Crippen LogP contribution in [-0.4, -0.2) is 46.5 Å². The van der Waals surface area contributed by atoms with E-state index in [1.807, 2.05) is 6.92 Å². The van der Waals surface area contributed by atoms with Crippen LogP contribution in [0.15, 0.2) is 0 Å². The smallest absolute Gasteiger partial charge is 0.390 e. The molecule has 33 heavy (non-hydrogen) atoms. The van der Waals surface area contributed by atoms with E-state index in [2.05, 4.69) is 0 Å². The van der Waals surface area contributed by atoms with Crippen LogP contribution in [0.25, 0.3) is 0 Å². The third kappa shape index (κ3) is 7.03. The predicted octanol–water partition coefficient (Wildman–Crippen LogP) is 8.40. The Morgan fingerprint density at radius 3 is 1.27 bits per heavy atom. The zero-order valence-electron chi connectivity index (χ0n) is 17.9. The number of alkyl halides is 13. The lowest BCUT2D eigenvalue weighted by Crippen LogP contribution is -2.70. The molecule has 0 heterocycles. The zero-order chi connectivity index (χ0) is 26.6. The molecular weight excluding hydrogens is 491 g/mol. The molecule has 0 aliphatic rings. The molecule has 14 heteroatoms. The SMILES string of the molecule is CCCCCCCCCCC(C)(O)CC(F)(F)C(F)(F)C(F)(F)C(F)(F)C(F)(F)C(F)(F)F. The third-order valence-corrected chi connectivity index (χ3v) is 5.17. The van der Waals surface area contributed by atoms with E-state index in [1.165, 1.54) is 0 Å². The van der Waals surface area contributed by atoms with E-state index in [4.69, 9.17) is 0 Å². The highest BCUT2D eigenvalue weighted by atomic mass is 19.4. The first kappa shape index (κ1) is 32.0. The van der Waals surface area contributed by atoms with Gasteiger partial charge < -0.3 is 5.11 Å². The molecule has 0 spiro atoms. The molecule has 0 aromatic carbocycles. The minimum atomic E-state index is -7.92. The second kappa shape index (κ2) is 10.8. The van der Waals surface area contributed by atoms with Crippen LogP contribution in [0.1, 0.15) is 78.1 Å². The fraction of sp³-hybridized carbons (Fsp3) is 1.00. The highest BCUT2D eigenvalue weighted by Crippen LogP contribution is 2.61. The Labute approximate surface area is 182 Å². The molecule has 0 aliphatic carbocycles.